The molecule has 0 radical (unpaired) electrons. The van der Waals surface area contributed by atoms with Gasteiger partial charge in [0.15, 0.2) is 6.29 Å². The summed E-state index contributed by atoms with van der Waals surface area (Å²) in [6.45, 7) is 2.07. The highest BCUT2D eigenvalue weighted by Crippen LogP contribution is 2.54. The standard InChI is InChI=1S/C19H28O12/c1-8(21)31-18(2)4-5-19(26)9(15(25)27-3)7-28-17(14(18)19)30-16-13(24)12(23)11(22)10(6-20)29-16/h7,10-14,16-17,20,22-24,26H,4-6H2,1-3H3/t10-,11-,12+,13-,14-,16+,17+,18+,19+/m1/s1. The Kier molecular flexibility index (Phi) is 6.63. The van der Waals surface area contributed by atoms with E-state index in [2.05, 4.69) is 0 Å². The van der Waals surface area contributed by atoms with E-state index in [-0.39, 0.29) is 18.4 Å². The third-order valence-corrected chi connectivity index (χ3v) is 6.13. The van der Waals surface area contributed by atoms with Crippen molar-refractivity contribution in [3.63, 3.8) is 0 Å². The van der Waals surface area contributed by atoms with Crippen molar-refractivity contribution in [3.8, 4) is 0 Å². The van der Waals surface area contributed by atoms with E-state index < -0.39 is 72.7 Å². The first-order valence-electron chi connectivity index (χ1n) is 9.81. The van der Waals surface area contributed by atoms with Crippen LogP contribution in [0.2, 0.25) is 0 Å². The Balaban J connectivity index is 1.94. The molecule has 0 aromatic heterocycles. The van der Waals surface area contributed by atoms with Crippen molar-refractivity contribution in [2.24, 2.45) is 5.92 Å². The van der Waals surface area contributed by atoms with E-state index in [0.717, 1.165) is 13.4 Å². The van der Waals surface area contributed by atoms with Crippen LogP contribution in [-0.4, -0.2) is 99.4 Å². The van der Waals surface area contributed by atoms with Crippen LogP contribution in [0.1, 0.15) is 26.7 Å². The molecule has 3 rings (SSSR count). The van der Waals surface area contributed by atoms with Crippen LogP contribution in [0.5, 0.6) is 0 Å². The maximum absolute atomic E-state index is 12.2. The van der Waals surface area contributed by atoms with E-state index in [4.69, 9.17) is 23.7 Å². The van der Waals surface area contributed by atoms with Gasteiger partial charge in [-0.2, -0.15) is 0 Å². The number of aliphatic hydroxyl groups is 5. The summed E-state index contributed by atoms with van der Waals surface area (Å²) in [5, 5.41) is 51.0. The van der Waals surface area contributed by atoms with Crippen molar-refractivity contribution in [3.05, 3.63) is 11.8 Å². The Morgan fingerprint density at radius 2 is 1.84 bits per heavy atom. The molecule has 0 spiro atoms. The number of esters is 2. The number of fused-ring (bicyclic) bond motifs is 1. The largest absolute Gasteiger partial charge is 0.471 e. The Bertz CT molecular complexity index is 737. The molecule has 2 heterocycles. The molecule has 0 amide bonds. The second-order valence-corrected chi connectivity index (χ2v) is 8.17. The van der Waals surface area contributed by atoms with E-state index in [0.29, 0.717) is 0 Å². The van der Waals surface area contributed by atoms with Gasteiger partial charge in [0, 0.05) is 6.92 Å². The molecule has 1 saturated carbocycles. The average molecular weight is 448 g/mol. The van der Waals surface area contributed by atoms with Crippen molar-refractivity contribution in [1.82, 2.24) is 0 Å². The van der Waals surface area contributed by atoms with Crippen LogP contribution in [0, 0.1) is 5.92 Å². The fourth-order valence-corrected chi connectivity index (χ4v) is 4.59. The summed E-state index contributed by atoms with van der Waals surface area (Å²) >= 11 is 0. The quantitative estimate of drug-likeness (QED) is 0.284. The lowest BCUT2D eigenvalue weighted by Gasteiger charge is -2.46. The van der Waals surface area contributed by atoms with Crippen molar-refractivity contribution < 1.29 is 58.8 Å². The summed E-state index contributed by atoms with van der Waals surface area (Å²) in [6, 6.07) is 0. The number of carbonyl (C=O) groups is 2. The first kappa shape index (κ1) is 23.9. The average Bonchev–Trinajstić information content (AvgIpc) is 2.98. The fraction of sp³-hybridized carbons (Fsp3) is 0.789. The normalized spacial score (nSPS) is 44.6. The van der Waals surface area contributed by atoms with Crippen LogP contribution in [0.15, 0.2) is 11.8 Å². The minimum absolute atomic E-state index is 0.0142. The predicted molar refractivity (Wildman–Crippen MR) is 97.7 cm³/mol. The molecule has 1 saturated heterocycles. The fourth-order valence-electron chi connectivity index (χ4n) is 4.59. The molecule has 2 aliphatic heterocycles. The molecule has 0 unspecified atom stereocenters. The van der Waals surface area contributed by atoms with Gasteiger partial charge in [-0.25, -0.2) is 4.79 Å². The van der Waals surface area contributed by atoms with Crippen LogP contribution in [0.3, 0.4) is 0 Å². The highest BCUT2D eigenvalue weighted by molar-refractivity contribution is 5.91. The van der Waals surface area contributed by atoms with E-state index >= 15 is 0 Å². The van der Waals surface area contributed by atoms with E-state index in [1.54, 1.807) is 6.92 Å². The van der Waals surface area contributed by atoms with E-state index in [9.17, 15) is 35.1 Å². The Labute approximate surface area is 177 Å². The molecular formula is C19H28O12. The zero-order valence-electron chi connectivity index (χ0n) is 17.3. The van der Waals surface area contributed by atoms with Gasteiger partial charge in [0.2, 0.25) is 6.29 Å². The van der Waals surface area contributed by atoms with Crippen molar-refractivity contribution >= 4 is 11.9 Å². The predicted octanol–water partition coefficient (Wildman–Crippen LogP) is -2.32. The summed E-state index contributed by atoms with van der Waals surface area (Å²) < 4.78 is 26.7. The van der Waals surface area contributed by atoms with Crippen LogP contribution < -0.4 is 0 Å². The van der Waals surface area contributed by atoms with Gasteiger partial charge in [-0.1, -0.05) is 0 Å². The lowest BCUT2D eigenvalue weighted by molar-refractivity contribution is -0.351. The third-order valence-electron chi connectivity index (χ3n) is 6.13. The molecule has 31 heavy (non-hydrogen) atoms. The Morgan fingerprint density at radius 1 is 1.16 bits per heavy atom. The van der Waals surface area contributed by atoms with Gasteiger partial charge >= 0.3 is 11.9 Å². The number of ether oxygens (including phenoxy) is 5. The Hall–Kier alpha value is -1.80. The second-order valence-electron chi connectivity index (χ2n) is 8.17. The Morgan fingerprint density at radius 3 is 2.42 bits per heavy atom. The van der Waals surface area contributed by atoms with Crippen molar-refractivity contribution in [1.29, 1.82) is 0 Å². The molecular weight excluding hydrogens is 420 g/mol. The SMILES string of the molecule is COC(=O)C1=CO[C@@H](O[C@@H]2O[C@H](CO)[C@@H](O)[C@H](O)[C@H]2O)[C@@H]2[C@@](C)(OC(C)=O)CC[C@]12O. The van der Waals surface area contributed by atoms with Crippen LogP contribution in [0.4, 0.5) is 0 Å². The molecule has 9 atom stereocenters. The maximum Gasteiger partial charge on any atom is 0.339 e. The zero-order chi connectivity index (χ0) is 23.1. The number of rotatable bonds is 5. The van der Waals surface area contributed by atoms with Gasteiger partial charge in [0.05, 0.1) is 25.9 Å². The van der Waals surface area contributed by atoms with E-state index in [1.165, 1.54) is 6.92 Å². The lowest BCUT2D eigenvalue weighted by Crippen LogP contribution is -2.62. The number of hydrogen-bond acceptors (Lipinski definition) is 12. The van der Waals surface area contributed by atoms with Gasteiger partial charge in [-0.05, 0) is 19.8 Å². The second kappa shape index (κ2) is 8.62. The number of hydrogen-bond donors (Lipinski definition) is 5. The van der Waals surface area contributed by atoms with Crippen molar-refractivity contribution in [2.45, 2.75) is 74.9 Å². The van der Waals surface area contributed by atoms with Gasteiger partial charge in [0.1, 0.15) is 41.2 Å². The molecule has 0 aromatic carbocycles. The van der Waals surface area contributed by atoms with Crippen molar-refractivity contribution in [2.75, 3.05) is 13.7 Å². The molecule has 1 aliphatic carbocycles. The minimum atomic E-state index is -1.85. The molecule has 0 aromatic rings. The van der Waals surface area contributed by atoms with Gasteiger partial charge < -0.3 is 49.2 Å². The molecule has 0 bridgehead atoms. The molecule has 12 heteroatoms. The van der Waals surface area contributed by atoms with E-state index in [1.807, 2.05) is 0 Å². The molecule has 5 N–H and O–H groups in total. The smallest absolute Gasteiger partial charge is 0.339 e. The van der Waals surface area contributed by atoms with Crippen LogP contribution in [0.25, 0.3) is 0 Å². The number of carbonyl (C=O) groups excluding carboxylic acids is 2. The summed E-state index contributed by atoms with van der Waals surface area (Å²) in [5.41, 5.74) is -3.37. The summed E-state index contributed by atoms with van der Waals surface area (Å²) in [4.78, 5) is 23.9. The van der Waals surface area contributed by atoms with Crippen LogP contribution in [-0.2, 0) is 33.3 Å². The van der Waals surface area contributed by atoms with Gasteiger partial charge in [-0.3, -0.25) is 4.79 Å². The number of aliphatic hydroxyl groups excluding tert-OH is 4. The molecule has 2 fully saturated rings. The highest BCUT2D eigenvalue weighted by Gasteiger charge is 2.66. The molecule has 12 nitrogen and oxygen atoms in total. The summed E-state index contributed by atoms with van der Waals surface area (Å²) in [6.07, 6.45) is -8.06. The molecule has 3 aliphatic rings. The van der Waals surface area contributed by atoms with Gasteiger partial charge in [-0.15, -0.1) is 0 Å². The highest BCUT2D eigenvalue weighted by atomic mass is 16.8. The minimum Gasteiger partial charge on any atom is -0.471 e. The zero-order valence-corrected chi connectivity index (χ0v) is 17.3. The maximum atomic E-state index is 12.2. The van der Waals surface area contributed by atoms with Gasteiger partial charge in [0.25, 0.3) is 0 Å². The summed E-state index contributed by atoms with van der Waals surface area (Å²) in [5.74, 6) is -2.62. The summed E-state index contributed by atoms with van der Waals surface area (Å²) in [7, 11) is 1.14. The monoisotopic (exact) mass is 448 g/mol. The third kappa shape index (κ3) is 4.04. The molecule has 176 valence electrons. The lowest BCUT2D eigenvalue weighted by atomic mass is 9.77. The first-order chi connectivity index (χ1) is 14.5. The van der Waals surface area contributed by atoms with Crippen LogP contribution >= 0.6 is 0 Å². The first-order valence-corrected chi connectivity index (χ1v) is 9.81. The topological polar surface area (TPSA) is 181 Å². The number of methoxy groups -OCH3 is 1.